The molecule has 0 aliphatic rings. The average molecular weight is 153 g/mol. The van der Waals surface area contributed by atoms with Crippen LogP contribution in [-0.4, -0.2) is 11.0 Å². The molecule has 1 rings (SSSR count). The van der Waals surface area contributed by atoms with E-state index in [9.17, 15) is 4.79 Å². The molecule has 0 aliphatic heterocycles. The van der Waals surface area contributed by atoms with Crippen molar-refractivity contribution in [2.45, 2.75) is 20.3 Å². The van der Waals surface area contributed by atoms with Crippen molar-refractivity contribution >= 4 is 5.97 Å². The molecule has 0 unspecified atom stereocenters. The molecule has 0 aliphatic carbocycles. The van der Waals surface area contributed by atoms with Crippen LogP contribution >= 0.6 is 0 Å². The molecular formula is C8H11NO2. The minimum atomic E-state index is -0.212. The first kappa shape index (κ1) is 7.85. The highest BCUT2D eigenvalue weighted by atomic mass is 16.5. The highest BCUT2D eigenvalue weighted by molar-refractivity contribution is 5.71. The molecule has 0 bridgehead atoms. The Hall–Kier alpha value is -1.25. The number of nitrogens with one attached hydrogen (secondary N) is 1. The third kappa shape index (κ3) is 1.83. The van der Waals surface area contributed by atoms with Crippen molar-refractivity contribution in [3.8, 4) is 5.88 Å². The van der Waals surface area contributed by atoms with Gasteiger partial charge >= 0.3 is 5.97 Å². The predicted molar refractivity (Wildman–Crippen MR) is 41.5 cm³/mol. The van der Waals surface area contributed by atoms with Crippen LogP contribution < -0.4 is 4.74 Å². The van der Waals surface area contributed by atoms with E-state index < -0.39 is 0 Å². The molecule has 60 valence electrons. The van der Waals surface area contributed by atoms with Gasteiger partial charge < -0.3 is 9.72 Å². The van der Waals surface area contributed by atoms with E-state index in [-0.39, 0.29) is 5.97 Å². The molecule has 0 atom stereocenters. The predicted octanol–water partition coefficient (Wildman–Crippen LogP) is 1.64. The Labute approximate surface area is 65.4 Å². The number of aryl methyl sites for hydroxylation is 1. The summed E-state index contributed by atoms with van der Waals surface area (Å²) < 4.78 is 4.94. The summed E-state index contributed by atoms with van der Waals surface area (Å²) in [6.45, 7) is 3.65. The lowest BCUT2D eigenvalue weighted by Crippen LogP contribution is -2.06. The van der Waals surface area contributed by atoms with Crippen LogP contribution in [0.4, 0.5) is 0 Å². The lowest BCUT2D eigenvalue weighted by atomic mass is 10.4. The number of carbonyl (C=O) groups is 1. The summed E-state index contributed by atoms with van der Waals surface area (Å²) in [5, 5.41) is 0. The summed E-state index contributed by atoms with van der Waals surface area (Å²) in [6, 6.07) is 1.86. The maximum Gasteiger partial charge on any atom is 0.312 e. The largest absolute Gasteiger partial charge is 0.409 e. The Kier molecular flexibility index (Phi) is 2.31. The quantitative estimate of drug-likeness (QED) is 0.656. The number of aromatic amines is 1. The summed E-state index contributed by atoms with van der Waals surface area (Å²) in [7, 11) is 0. The SMILES string of the molecule is CCC(=O)Oc1[nH]ccc1C. The van der Waals surface area contributed by atoms with E-state index in [4.69, 9.17) is 4.74 Å². The van der Waals surface area contributed by atoms with Crippen LogP contribution in [0.15, 0.2) is 12.3 Å². The topological polar surface area (TPSA) is 42.1 Å². The molecule has 0 spiro atoms. The molecule has 1 aromatic rings. The third-order valence-corrected chi connectivity index (χ3v) is 1.41. The van der Waals surface area contributed by atoms with Crippen molar-refractivity contribution in [1.82, 2.24) is 4.98 Å². The van der Waals surface area contributed by atoms with Gasteiger partial charge in [-0.3, -0.25) is 4.79 Å². The van der Waals surface area contributed by atoms with Crippen LogP contribution in [-0.2, 0) is 4.79 Å². The number of ether oxygens (including phenoxy) is 1. The fourth-order valence-corrected chi connectivity index (χ4v) is 0.728. The molecule has 0 fully saturated rings. The lowest BCUT2D eigenvalue weighted by molar-refractivity contribution is -0.134. The monoisotopic (exact) mass is 153 g/mol. The minimum Gasteiger partial charge on any atom is -0.409 e. The highest BCUT2D eigenvalue weighted by Crippen LogP contribution is 2.13. The van der Waals surface area contributed by atoms with Crippen molar-refractivity contribution in [1.29, 1.82) is 0 Å². The van der Waals surface area contributed by atoms with E-state index >= 15 is 0 Å². The number of aromatic nitrogens is 1. The second-order valence-electron chi connectivity index (χ2n) is 2.32. The van der Waals surface area contributed by atoms with Gasteiger partial charge in [0.05, 0.1) is 0 Å². The Bertz CT molecular complexity index is 252. The summed E-state index contributed by atoms with van der Waals surface area (Å²) >= 11 is 0. The van der Waals surface area contributed by atoms with Gasteiger partial charge in [0.1, 0.15) is 0 Å². The van der Waals surface area contributed by atoms with E-state index in [1.54, 1.807) is 13.1 Å². The summed E-state index contributed by atoms with van der Waals surface area (Å²) in [5.74, 6) is 0.340. The van der Waals surface area contributed by atoms with E-state index in [0.717, 1.165) is 5.56 Å². The zero-order valence-corrected chi connectivity index (χ0v) is 6.68. The second kappa shape index (κ2) is 3.23. The highest BCUT2D eigenvalue weighted by Gasteiger charge is 2.04. The first-order valence-corrected chi connectivity index (χ1v) is 3.58. The number of esters is 1. The normalized spacial score (nSPS) is 9.64. The molecule has 0 radical (unpaired) electrons. The average Bonchev–Trinajstić information content (AvgIpc) is 2.37. The molecule has 1 heterocycles. The van der Waals surface area contributed by atoms with Crippen LogP contribution in [0.5, 0.6) is 5.88 Å². The minimum absolute atomic E-state index is 0.212. The standard InChI is InChI=1S/C8H11NO2/c1-3-7(10)11-8-6(2)4-5-9-8/h4-5,9H,3H2,1-2H3. The van der Waals surface area contributed by atoms with Gasteiger partial charge in [-0.15, -0.1) is 0 Å². The molecule has 3 nitrogen and oxygen atoms in total. The molecule has 0 aromatic carbocycles. The first-order chi connectivity index (χ1) is 5.24. The van der Waals surface area contributed by atoms with Crippen LogP contribution in [0.3, 0.4) is 0 Å². The van der Waals surface area contributed by atoms with Crippen molar-refractivity contribution < 1.29 is 9.53 Å². The second-order valence-corrected chi connectivity index (χ2v) is 2.32. The molecule has 0 saturated heterocycles. The van der Waals surface area contributed by atoms with Crippen molar-refractivity contribution in [2.75, 3.05) is 0 Å². The molecule has 1 N–H and O–H groups in total. The van der Waals surface area contributed by atoms with Crippen molar-refractivity contribution in [3.63, 3.8) is 0 Å². The van der Waals surface area contributed by atoms with Crippen molar-refractivity contribution in [3.05, 3.63) is 17.8 Å². The maximum atomic E-state index is 10.8. The van der Waals surface area contributed by atoms with Crippen molar-refractivity contribution in [2.24, 2.45) is 0 Å². The number of hydrogen-bond acceptors (Lipinski definition) is 2. The van der Waals surface area contributed by atoms with Gasteiger partial charge in [-0.05, 0) is 13.0 Å². The van der Waals surface area contributed by atoms with Gasteiger partial charge in [0, 0.05) is 18.2 Å². The Balaban J connectivity index is 2.64. The lowest BCUT2D eigenvalue weighted by Gasteiger charge is -1.99. The molecule has 3 heteroatoms. The molecule has 0 amide bonds. The molecule has 11 heavy (non-hydrogen) atoms. The fraction of sp³-hybridized carbons (Fsp3) is 0.375. The number of H-pyrrole nitrogens is 1. The van der Waals surface area contributed by atoms with Crippen LogP contribution in [0.1, 0.15) is 18.9 Å². The van der Waals surface area contributed by atoms with E-state index in [2.05, 4.69) is 4.98 Å². The zero-order chi connectivity index (χ0) is 8.27. The number of rotatable bonds is 2. The van der Waals surface area contributed by atoms with Gasteiger partial charge in [-0.25, -0.2) is 0 Å². The zero-order valence-electron chi connectivity index (χ0n) is 6.68. The van der Waals surface area contributed by atoms with Crippen LogP contribution in [0.25, 0.3) is 0 Å². The Morgan fingerprint density at radius 2 is 2.45 bits per heavy atom. The van der Waals surface area contributed by atoms with E-state index in [1.165, 1.54) is 0 Å². The number of hydrogen-bond donors (Lipinski definition) is 1. The molecular weight excluding hydrogens is 142 g/mol. The van der Waals surface area contributed by atoms with E-state index in [0.29, 0.717) is 12.3 Å². The summed E-state index contributed by atoms with van der Waals surface area (Å²) in [6.07, 6.45) is 2.14. The van der Waals surface area contributed by atoms with Gasteiger partial charge in [0.25, 0.3) is 0 Å². The Morgan fingerprint density at radius 1 is 1.73 bits per heavy atom. The maximum absolute atomic E-state index is 10.8. The third-order valence-electron chi connectivity index (χ3n) is 1.41. The Morgan fingerprint density at radius 3 is 2.91 bits per heavy atom. The molecule has 1 aromatic heterocycles. The van der Waals surface area contributed by atoms with E-state index in [1.807, 2.05) is 13.0 Å². The smallest absolute Gasteiger partial charge is 0.312 e. The van der Waals surface area contributed by atoms with Crippen LogP contribution in [0, 0.1) is 6.92 Å². The van der Waals surface area contributed by atoms with Gasteiger partial charge in [-0.2, -0.15) is 0 Å². The summed E-state index contributed by atoms with van der Waals surface area (Å²) in [5.41, 5.74) is 0.951. The van der Waals surface area contributed by atoms with Gasteiger partial charge in [0.2, 0.25) is 5.88 Å². The van der Waals surface area contributed by atoms with Gasteiger partial charge in [0.15, 0.2) is 0 Å². The molecule has 0 saturated carbocycles. The number of carbonyl (C=O) groups excluding carboxylic acids is 1. The summed E-state index contributed by atoms with van der Waals surface area (Å²) in [4.78, 5) is 13.6. The first-order valence-electron chi connectivity index (χ1n) is 3.58. The van der Waals surface area contributed by atoms with Gasteiger partial charge in [-0.1, -0.05) is 6.92 Å². The fourth-order valence-electron chi connectivity index (χ4n) is 0.728. The van der Waals surface area contributed by atoms with Crippen LogP contribution in [0.2, 0.25) is 0 Å².